The van der Waals surface area contributed by atoms with Gasteiger partial charge in [0.2, 0.25) is 0 Å². The van der Waals surface area contributed by atoms with Gasteiger partial charge in [-0.3, -0.25) is 0 Å². The summed E-state index contributed by atoms with van der Waals surface area (Å²) in [5.74, 6) is -5.74. The molecular weight excluding hydrogens is 384 g/mol. The molecule has 0 aliphatic rings. The van der Waals surface area contributed by atoms with Gasteiger partial charge < -0.3 is 60.0 Å². The van der Waals surface area contributed by atoms with Crippen LogP contribution in [0.4, 0.5) is 0 Å². The third kappa shape index (κ3) is 45.0. The monoisotopic (exact) mass is 404 g/mol. The molecule has 0 unspecified atom stereocenters. The summed E-state index contributed by atoms with van der Waals surface area (Å²) in [6.45, 7) is 4.54. The van der Waals surface area contributed by atoms with Crippen LogP contribution in [0.15, 0.2) is 0 Å². The molecule has 0 saturated carbocycles. The van der Waals surface area contributed by atoms with E-state index < -0.39 is 48.3 Å². The van der Waals surface area contributed by atoms with Gasteiger partial charge in [-0.25, -0.2) is 0 Å². The average Bonchev–Trinajstić information content (AvgIpc) is 2.40. The largest absolute Gasteiger partial charge is 4.00 e. The van der Waals surface area contributed by atoms with Gasteiger partial charge in [0.05, 0.1) is 48.3 Å². The summed E-state index contributed by atoms with van der Waals surface area (Å²) < 4.78 is 0. The third-order valence-corrected chi connectivity index (χ3v) is 1.36. The minimum Gasteiger partial charge on any atom is -0.547 e. The molecule has 0 aliphatic heterocycles. The van der Waals surface area contributed by atoms with Crippen molar-refractivity contribution >= 4 is 23.9 Å². The fraction of sp³-hybridized carbons (Fsp3) is 0.667. The standard InChI is InChI=1S/4C3H6O3.Ti/c4*1-2(4)3(5)6;/h4*2,4H,1H3,(H,5,6);/q;;;;+4/p-4/t4*2-;/m0000./s1. The molecule has 0 radical (unpaired) electrons. The summed E-state index contributed by atoms with van der Waals surface area (Å²) in [5.41, 5.74) is 0. The van der Waals surface area contributed by atoms with Crippen molar-refractivity contribution in [1.82, 2.24) is 0 Å². The van der Waals surface area contributed by atoms with Crippen LogP contribution < -0.4 is 20.4 Å². The van der Waals surface area contributed by atoms with Crippen LogP contribution in [0, 0.1) is 0 Å². The van der Waals surface area contributed by atoms with E-state index in [0.29, 0.717) is 0 Å². The number of hydrogen-bond acceptors (Lipinski definition) is 12. The smallest absolute Gasteiger partial charge is 0.547 e. The minimum absolute atomic E-state index is 0. The van der Waals surface area contributed by atoms with E-state index in [0.717, 1.165) is 27.7 Å². The Morgan fingerprint density at radius 3 is 0.560 bits per heavy atom. The number of carboxylic acid groups (broad SMARTS) is 4. The molecule has 0 amide bonds. The molecule has 0 heterocycles. The fourth-order valence-corrected chi connectivity index (χ4v) is 0. The van der Waals surface area contributed by atoms with Crippen LogP contribution in [0.1, 0.15) is 27.7 Å². The van der Waals surface area contributed by atoms with Gasteiger partial charge in [-0.05, 0) is 27.7 Å². The number of aliphatic carboxylic acids is 4. The second-order valence-corrected chi connectivity index (χ2v) is 3.98. The molecule has 0 spiro atoms. The molecule has 0 aromatic carbocycles. The quantitative estimate of drug-likeness (QED) is 0.319. The number of carbonyl (C=O) groups excluding carboxylic acids is 4. The Labute approximate surface area is 158 Å². The Balaban J connectivity index is -0.0000000702. The first-order valence-electron chi connectivity index (χ1n) is 6.13. The minimum atomic E-state index is -1.44. The molecule has 0 aliphatic carbocycles. The van der Waals surface area contributed by atoms with Gasteiger partial charge in [0.1, 0.15) is 0 Å². The van der Waals surface area contributed by atoms with Crippen molar-refractivity contribution in [2.75, 3.05) is 0 Å². The molecule has 0 bridgehead atoms. The Morgan fingerprint density at radius 2 is 0.560 bits per heavy atom. The molecule has 0 aromatic heterocycles. The number of hydrogen-bond donors (Lipinski definition) is 4. The number of carboxylic acids is 4. The zero-order valence-corrected chi connectivity index (χ0v) is 15.4. The summed E-state index contributed by atoms with van der Waals surface area (Å²) >= 11 is 0. The molecule has 4 N–H and O–H groups in total. The van der Waals surface area contributed by atoms with E-state index in [1.165, 1.54) is 0 Å². The first-order valence-corrected chi connectivity index (χ1v) is 6.13. The zero-order chi connectivity index (χ0) is 20.6. The number of aliphatic hydroxyl groups excluding tert-OH is 4. The van der Waals surface area contributed by atoms with E-state index in [2.05, 4.69) is 0 Å². The van der Waals surface area contributed by atoms with E-state index >= 15 is 0 Å². The maximum absolute atomic E-state index is 9.34. The first-order chi connectivity index (χ1) is 10.6. The van der Waals surface area contributed by atoms with Crippen molar-refractivity contribution in [3.8, 4) is 0 Å². The van der Waals surface area contributed by atoms with E-state index in [9.17, 15) is 39.6 Å². The molecule has 0 rings (SSSR count). The summed E-state index contributed by atoms with van der Waals surface area (Å²) in [6.07, 6.45) is -5.37. The Kier molecular flexibility index (Phi) is 28.4. The van der Waals surface area contributed by atoms with Gasteiger partial charge in [-0.1, -0.05) is 0 Å². The van der Waals surface area contributed by atoms with Crippen LogP contribution in [0.5, 0.6) is 0 Å². The third-order valence-electron chi connectivity index (χ3n) is 1.36. The summed E-state index contributed by atoms with van der Waals surface area (Å²) in [5, 5.41) is 69.2. The van der Waals surface area contributed by atoms with Gasteiger partial charge >= 0.3 is 21.7 Å². The van der Waals surface area contributed by atoms with Crippen molar-refractivity contribution < 1.29 is 81.7 Å². The molecular formula is C12H20O12Ti. The van der Waals surface area contributed by atoms with Gasteiger partial charge in [-0.2, -0.15) is 0 Å². The normalized spacial score (nSPS) is 13.1. The molecule has 13 heteroatoms. The molecule has 0 saturated heterocycles. The predicted octanol–water partition coefficient (Wildman–Crippen LogP) is -7.53. The van der Waals surface area contributed by atoms with Crippen molar-refractivity contribution in [2.24, 2.45) is 0 Å². The molecule has 0 aromatic rings. The molecule has 25 heavy (non-hydrogen) atoms. The van der Waals surface area contributed by atoms with Gasteiger partial charge in [-0.15, -0.1) is 0 Å². The van der Waals surface area contributed by atoms with Crippen LogP contribution in [-0.4, -0.2) is 68.7 Å². The van der Waals surface area contributed by atoms with Crippen molar-refractivity contribution in [3.05, 3.63) is 0 Å². The van der Waals surface area contributed by atoms with Crippen molar-refractivity contribution in [3.63, 3.8) is 0 Å². The molecule has 4 atom stereocenters. The fourth-order valence-electron chi connectivity index (χ4n) is 0. The Hall–Kier alpha value is -1.57. The summed E-state index contributed by atoms with van der Waals surface area (Å²) in [7, 11) is 0. The number of rotatable bonds is 4. The van der Waals surface area contributed by atoms with Crippen LogP contribution in [0.25, 0.3) is 0 Å². The predicted molar refractivity (Wildman–Crippen MR) is 66.8 cm³/mol. The SMILES string of the molecule is C[C@H](O)C(=O)[O-].C[C@H](O)C(=O)[O-].C[C@H](O)C(=O)[O-].C[C@H](O)C(=O)[O-].[Ti+4]. The topological polar surface area (TPSA) is 241 Å². The number of carbonyl (C=O) groups is 4. The van der Waals surface area contributed by atoms with E-state index in [1.54, 1.807) is 0 Å². The molecule has 144 valence electrons. The van der Waals surface area contributed by atoms with Gasteiger partial charge in [0.25, 0.3) is 0 Å². The van der Waals surface area contributed by atoms with Gasteiger partial charge in [0.15, 0.2) is 0 Å². The van der Waals surface area contributed by atoms with E-state index in [4.69, 9.17) is 20.4 Å². The van der Waals surface area contributed by atoms with Crippen LogP contribution >= 0.6 is 0 Å². The number of aliphatic hydroxyl groups is 4. The summed E-state index contributed by atoms with van der Waals surface area (Å²) in [6, 6.07) is 0. The van der Waals surface area contributed by atoms with Crippen LogP contribution in [0.3, 0.4) is 0 Å². The van der Waals surface area contributed by atoms with Crippen LogP contribution in [-0.2, 0) is 40.9 Å². The van der Waals surface area contributed by atoms with E-state index in [1.807, 2.05) is 0 Å². The summed E-state index contributed by atoms with van der Waals surface area (Å²) in [4.78, 5) is 37.4. The Morgan fingerprint density at radius 1 is 0.520 bits per heavy atom. The average molecular weight is 404 g/mol. The molecule has 0 fully saturated rings. The maximum Gasteiger partial charge on any atom is 4.00 e. The van der Waals surface area contributed by atoms with Crippen molar-refractivity contribution in [1.29, 1.82) is 0 Å². The Bertz CT molecular complexity index is 306. The molecule has 12 nitrogen and oxygen atoms in total. The van der Waals surface area contributed by atoms with E-state index in [-0.39, 0.29) is 21.7 Å². The zero-order valence-electron chi connectivity index (χ0n) is 13.9. The maximum atomic E-state index is 9.34. The second-order valence-electron chi connectivity index (χ2n) is 3.98. The first kappa shape index (κ1) is 34.7. The van der Waals surface area contributed by atoms with Gasteiger partial charge in [0, 0.05) is 0 Å². The second kappa shape index (κ2) is 20.5. The van der Waals surface area contributed by atoms with Crippen molar-refractivity contribution in [2.45, 2.75) is 52.1 Å². The van der Waals surface area contributed by atoms with Crippen LogP contribution in [0.2, 0.25) is 0 Å².